The SMILES string of the molecule is C=C(CCC(C(=O)O)C1CCC2(C)C3=C(CCC12C)C1(C)CCC(OC(=O)C(=O)OC)C(C)(C)C1CC3)C(C)C. The molecule has 224 valence electrons. The molecular weight excluding hydrogens is 504 g/mol. The van der Waals surface area contributed by atoms with Gasteiger partial charge in [0.1, 0.15) is 6.10 Å². The number of carbonyl (C=O) groups excluding carboxylic acids is 2. The number of rotatable bonds is 7. The van der Waals surface area contributed by atoms with Crippen molar-refractivity contribution in [1.29, 1.82) is 0 Å². The summed E-state index contributed by atoms with van der Waals surface area (Å²) in [6, 6.07) is 0. The lowest BCUT2D eigenvalue weighted by atomic mass is 9.43. The van der Waals surface area contributed by atoms with Gasteiger partial charge < -0.3 is 14.6 Å². The molecule has 0 spiro atoms. The summed E-state index contributed by atoms with van der Waals surface area (Å²) in [6.07, 6.45) is 8.84. The van der Waals surface area contributed by atoms with E-state index in [0.717, 1.165) is 63.4 Å². The Kier molecular flexibility index (Phi) is 8.19. The van der Waals surface area contributed by atoms with Crippen LogP contribution in [0.3, 0.4) is 0 Å². The van der Waals surface area contributed by atoms with Crippen LogP contribution >= 0.6 is 0 Å². The Morgan fingerprint density at radius 2 is 1.62 bits per heavy atom. The molecule has 1 N–H and O–H groups in total. The van der Waals surface area contributed by atoms with Crippen molar-refractivity contribution in [3.63, 3.8) is 0 Å². The van der Waals surface area contributed by atoms with Crippen molar-refractivity contribution in [2.24, 2.45) is 45.3 Å². The van der Waals surface area contributed by atoms with E-state index in [2.05, 4.69) is 59.8 Å². The van der Waals surface area contributed by atoms with E-state index in [-0.39, 0.29) is 39.6 Å². The van der Waals surface area contributed by atoms with Gasteiger partial charge in [-0.3, -0.25) is 4.79 Å². The van der Waals surface area contributed by atoms with E-state index in [9.17, 15) is 19.5 Å². The van der Waals surface area contributed by atoms with E-state index in [4.69, 9.17) is 4.74 Å². The number of methoxy groups -OCH3 is 1. The van der Waals surface area contributed by atoms with Gasteiger partial charge in [0.25, 0.3) is 0 Å². The summed E-state index contributed by atoms with van der Waals surface area (Å²) in [7, 11) is 1.20. The highest BCUT2D eigenvalue weighted by Crippen LogP contribution is 2.72. The van der Waals surface area contributed by atoms with E-state index in [1.165, 1.54) is 7.11 Å². The molecule has 0 aromatic rings. The summed E-state index contributed by atoms with van der Waals surface area (Å²) in [4.78, 5) is 36.7. The maximum atomic E-state index is 12.6. The van der Waals surface area contributed by atoms with Crippen molar-refractivity contribution in [3.05, 3.63) is 23.3 Å². The molecular formula is C34H52O6. The Bertz CT molecular complexity index is 1100. The molecule has 40 heavy (non-hydrogen) atoms. The van der Waals surface area contributed by atoms with Crippen molar-refractivity contribution in [3.8, 4) is 0 Å². The maximum absolute atomic E-state index is 12.6. The molecule has 0 bridgehead atoms. The van der Waals surface area contributed by atoms with Gasteiger partial charge in [-0.05, 0) is 98.2 Å². The zero-order valence-electron chi connectivity index (χ0n) is 26.2. The first-order valence-corrected chi connectivity index (χ1v) is 15.5. The topological polar surface area (TPSA) is 89.9 Å². The number of carboxylic acids is 1. The summed E-state index contributed by atoms with van der Waals surface area (Å²) >= 11 is 0. The molecule has 2 saturated carbocycles. The van der Waals surface area contributed by atoms with Gasteiger partial charge in [-0.1, -0.05) is 71.8 Å². The van der Waals surface area contributed by atoms with Crippen LogP contribution in [0.25, 0.3) is 0 Å². The number of allylic oxidation sites excluding steroid dienone is 3. The second-order valence-corrected chi connectivity index (χ2v) is 14.9. The summed E-state index contributed by atoms with van der Waals surface area (Å²) in [5.74, 6) is -1.95. The quantitative estimate of drug-likeness (QED) is 0.198. The zero-order chi connectivity index (χ0) is 29.8. The van der Waals surface area contributed by atoms with Crippen LogP contribution in [0.15, 0.2) is 23.3 Å². The third kappa shape index (κ3) is 4.65. The van der Waals surface area contributed by atoms with Crippen LogP contribution in [0.1, 0.15) is 113 Å². The fraction of sp³-hybridized carbons (Fsp3) is 0.794. The van der Waals surface area contributed by atoms with Crippen LogP contribution < -0.4 is 0 Å². The molecule has 0 aromatic carbocycles. The molecule has 0 radical (unpaired) electrons. The number of hydrogen-bond donors (Lipinski definition) is 1. The monoisotopic (exact) mass is 556 g/mol. The Hall–Kier alpha value is -2.11. The van der Waals surface area contributed by atoms with Gasteiger partial charge in [0, 0.05) is 5.41 Å². The highest BCUT2D eigenvalue weighted by molar-refractivity contribution is 6.29. The van der Waals surface area contributed by atoms with Crippen molar-refractivity contribution in [2.75, 3.05) is 7.11 Å². The van der Waals surface area contributed by atoms with Crippen LogP contribution in [-0.4, -0.2) is 36.2 Å². The number of carbonyl (C=O) groups is 3. The molecule has 2 fully saturated rings. The molecule has 6 nitrogen and oxygen atoms in total. The molecule has 4 aliphatic rings. The van der Waals surface area contributed by atoms with Gasteiger partial charge in [-0.15, -0.1) is 0 Å². The van der Waals surface area contributed by atoms with Crippen molar-refractivity contribution in [1.82, 2.24) is 0 Å². The fourth-order valence-corrected chi connectivity index (χ4v) is 9.95. The van der Waals surface area contributed by atoms with E-state index < -0.39 is 17.9 Å². The minimum absolute atomic E-state index is 0.000326. The lowest BCUT2D eigenvalue weighted by molar-refractivity contribution is -0.182. The van der Waals surface area contributed by atoms with Crippen LogP contribution in [-0.2, 0) is 23.9 Å². The first kappa shape index (κ1) is 30.8. The van der Waals surface area contributed by atoms with Crippen molar-refractivity contribution in [2.45, 2.75) is 119 Å². The van der Waals surface area contributed by atoms with Gasteiger partial charge in [-0.2, -0.15) is 0 Å². The van der Waals surface area contributed by atoms with E-state index >= 15 is 0 Å². The first-order valence-electron chi connectivity index (χ1n) is 15.5. The summed E-state index contributed by atoms with van der Waals surface area (Å²) in [5, 5.41) is 10.4. The highest BCUT2D eigenvalue weighted by atomic mass is 16.6. The highest BCUT2D eigenvalue weighted by Gasteiger charge is 2.64. The molecule has 0 heterocycles. The number of hydrogen-bond acceptors (Lipinski definition) is 5. The average molecular weight is 557 g/mol. The van der Waals surface area contributed by atoms with E-state index in [1.54, 1.807) is 11.1 Å². The second kappa shape index (κ2) is 10.6. The average Bonchev–Trinajstić information content (AvgIpc) is 3.16. The summed E-state index contributed by atoms with van der Waals surface area (Å²) in [5.41, 5.74) is 4.03. The second-order valence-electron chi connectivity index (χ2n) is 14.9. The molecule has 0 amide bonds. The van der Waals surface area contributed by atoms with Gasteiger partial charge in [-0.25, -0.2) is 9.59 Å². The molecule has 0 saturated heterocycles. The minimum atomic E-state index is -0.943. The summed E-state index contributed by atoms with van der Waals surface area (Å²) in [6.45, 7) is 20.1. The number of carboxylic acid groups (broad SMARTS) is 1. The van der Waals surface area contributed by atoms with Gasteiger partial charge in [0.05, 0.1) is 13.0 Å². The number of aliphatic carboxylic acids is 1. The number of ether oxygens (including phenoxy) is 2. The Morgan fingerprint density at radius 3 is 2.23 bits per heavy atom. The molecule has 4 rings (SSSR count). The fourth-order valence-electron chi connectivity index (χ4n) is 9.95. The van der Waals surface area contributed by atoms with Gasteiger partial charge >= 0.3 is 17.9 Å². The molecule has 7 unspecified atom stereocenters. The number of esters is 2. The molecule has 0 aliphatic heterocycles. The van der Waals surface area contributed by atoms with Crippen molar-refractivity contribution >= 4 is 17.9 Å². The molecule has 0 aromatic heterocycles. The summed E-state index contributed by atoms with van der Waals surface area (Å²) < 4.78 is 10.3. The molecule has 4 aliphatic carbocycles. The predicted molar refractivity (Wildman–Crippen MR) is 155 cm³/mol. The Labute approximate surface area is 241 Å². The maximum Gasteiger partial charge on any atom is 0.417 e. The lowest BCUT2D eigenvalue weighted by Gasteiger charge is -2.62. The van der Waals surface area contributed by atoms with E-state index in [0.29, 0.717) is 18.3 Å². The van der Waals surface area contributed by atoms with Crippen molar-refractivity contribution < 1.29 is 29.0 Å². The standard InChI is InChI=1S/C34H52O6/c1-20(2)21(3)10-11-22(28(35)36)23-14-18-34(8)25-12-13-26-31(4,5)27(40-30(38)29(37)39-9)16-17-32(26,6)24(25)15-19-33(23,34)7/h20,22-23,26-27H,3,10-19H2,1-2,4-9H3,(H,35,36). The zero-order valence-corrected chi connectivity index (χ0v) is 26.2. The largest absolute Gasteiger partial charge is 0.481 e. The third-order valence-corrected chi connectivity index (χ3v) is 12.8. The van der Waals surface area contributed by atoms with Crippen LogP contribution in [0, 0.1) is 45.3 Å². The molecule has 6 heteroatoms. The minimum Gasteiger partial charge on any atom is -0.481 e. The van der Waals surface area contributed by atoms with Crippen LogP contribution in [0.5, 0.6) is 0 Å². The van der Waals surface area contributed by atoms with Gasteiger partial charge in [0.2, 0.25) is 0 Å². The third-order valence-electron chi connectivity index (χ3n) is 12.8. The van der Waals surface area contributed by atoms with Crippen LogP contribution in [0.4, 0.5) is 0 Å². The first-order chi connectivity index (χ1) is 18.5. The normalized spacial score (nSPS) is 37.2. The Balaban J connectivity index is 1.62. The van der Waals surface area contributed by atoms with Gasteiger partial charge in [0.15, 0.2) is 0 Å². The smallest absolute Gasteiger partial charge is 0.417 e. The molecule has 7 atom stereocenters. The number of fused-ring (bicyclic) bond motifs is 4. The van der Waals surface area contributed by atoms with Crippen LogP contribution in [0.2, 0.25) is 0 Å². The van der Waals surface area contributed by atoms with E-state index in [1.807, 2.05) is 0 Å². The Morgan fingerprint density at radius 1 is 0.950 bits per heavy atom. The lowest BCUT2D eigenvalue weighted by Crippen LogP contribution is -2.56. The predicted octanol–water partition coefficient (Wildman–Crippen LogP) is 7.51.